The van der Waals surface area contributed by atoms with Crippen LogP contribution in [0.3, 0.4) is 0 Å². The van der Waals surface area contributed by atoms with Gasteiger partial charge < -0.3 is 20.5 Å². The summed E-state index contributed by atoms with van der Waals surface area (Å²) in [4.78, 5) is 24.6. The van der Waals surface area contributed by atoms with Crippen molar-refractivity contribution >= 4 is 40.9 Å². The van der Waals surface area contributed by atoms with E-state index in [1.165, 1.54) is 6.07 Å². The molecule has 7 nitrogen and oxygen atoms in total. The molecule has 3 rings (SSSR count). The van der Waals surface area contributed by atoms with Crippen molar-refractivity contribution in [2.75, 3.05) is 17.7 Å². The second-order valence-corrected chi connectivity index (χ2v) is 8.09. The van der Waals surface area contributed by atoms with Crippen molar-refractivity contribution in [2.24, 2.45) is 0 Å². The van der Waals surface area contributed by atoms with E-state index in [1.807, 2.05) is 0 Å². The summed E-state index contributed by atoms with van der Waals surface area (Å²) in [7, 11) is 0. The fourth-order valence-electron chi connectivity index (χ4n) is 3.14. The Balaban J connectivity index is 1.79. The first-order chi connectivity index (χ1) is 14.9. The van der Waals surface area contributed by atoms with Gasteiger partial charge in [-0.1, -0.05) is 35.5 Å². The molecule has 0 spiro atoms. The number of nitriles is 1. The number of benzene rings is 2. The van der Waals surface area contributed by atoms with Crippen LogP contribution in [0.15, 0.2) is 53.1 Å². The Kier molecular flexibility index (Phi) is 7.45. The number of carbonyl (C=O) groups is 2. The minimum Gasteiger partial charge on any atom is -0.504 e. The van der Waals surface area contributed by atoms with E-state index in [2.05, 4.69) is 16.7 Å². The average molecular weight is 458 g/mol. The Morgan fingerprint density at radius 2 is 2.19 bits per heavy atom. The zero-order valence-electron chi connectivity index (χ0n) is 16.6. The molecule has 2 aromatic rings. The number of hydrogen-bond acceptors (Lipinski definition) is 6. The maximum Gasteiger partial charge on any atom is 0.234 e. The molecule has 1 heterocycles. The molecule has 0 aromatic heterocycles. The molecular weight excluding hydrogens is 438 g/mol. The third-order valence-corrected chi connectivity index (χ3v) is 5.75. The van der Waals surface area contributed by atoms with Gasteiger partial charge in [-0.05, 0) is 42.8 Å². The number of nitrogens with zero attached hydrogens (tertiary/aromatic N) is 1. The SMILES string of the molecule is CCOc1cc(C2CC(=O)NC(SCC(=O)Nc3cccc(Cl)c3)=C2C#N)ccc1O. The summed E-state index contributed by atoms with van der Waals surface area (Å²) in [5.74, 6) is -0.777. The summed E-state index contributed by atoms with van der Waals surface area (Å²) in [6.07, 6.45) is 0.0814. The highest BCUT2D eigenvalue weighted by Gasteiger charge is 2.30. The highest BCUT2D eigenvalue weighted by molar-refractivity contribution is 8.03. The van der Waals surface area contributed by atoms with Gasteiger partial charge in [-0.2, -0.15) is 5.26 Å². The summed E-state index contributed by atoms with van der Waals surface area (Å²) in [6.45, 7) is 2.16. The highest BCUT2D eigenvalue weighted by Crippen LogP contribution is 2.39. The van der Waals surface area contributed by atoms with E-state index < -0.39 is 5.92 Å². The lowest BCUT2D eigenvalue weighted by Crippen LogP contribution is -2.31. The van der Waals surface area contributed by atoms with Crippen molar-refractivity contribution in [3.05, 3.63) is 63.7 Å². The van der Waals surface area contributed by atoms with Crippen LogP contribution in [0.1, 0.15) is 24.8 Å². The van der Waals surface area contributed by atoms with Gasteiger partial charge in [0.05, 0.1) is 29.0 Å². The molecule has 0 radical (unpaired) electrons. The summed E-state index contributed by atoms with van der Waals surface area (Å²) in [5, 5.41) is 26.0. The Morgan fingerprint density at radius 1 is 1.39 bits per heavy atom. The number of rotatable bonds is 7. The molecule has 0 bridgehead atoms. The van der Waals surface area contributed by atoms with Gasteiger partial charge in [-0.15, -0.1) is 0 Å². The maximum absolute atomic E-state index is 12.3. The monoisotopic (exact) mass is 457 g/mol. The first kappa shape index (κ1) is 22.5. The van der Waals surface area contributed by atoms with Crippen LogP contribution in [0.25, 0.3) is 0 Å². The molecule has 2 amide bonds. The number of phenols is 1. The normalized spacial score (nSPS) is 15.8. The van der Waals surface area contributed by atoms with Crippen LogP contribution in [0.2, 0.25) is 5.02 Å². The molecular formula is C22H20ClN3O4S. The van der Waals surface area contributed by atoms with Crippen LogP contribution >= 0.6 is 23.4 Å². The molecule has 3 N–H and O–H groups in total. The molecule has 0 saturated carbocycles. The molecule has 160 valence electrons. The van der Waals surface area contributed by atoms with Crippen molar-refractivity contribution in [2.45, 2.75) is 19.3 Å². The van der Waals surface area contributed by atoms with Crippen LogP contribution in [-0.2, 0) is 9.59 Å². The topological polar surface area (TPSA) is 111 Å². The van der Waals surface area contributed by atoms with Gasteiger partial charge in [0, 0.05) is 23.0 Å². The zero-order chi connectivity index (χ0) is 22.4. The lowest BCUT2D eigenvalue weighted by Gasteiger charge is -2.25. The van der Waals surface area contributed by atoms with E-state index in [-0.39, 0.29) is 29.7 Å². The average Bonchev–Trinajstić information content (AvgIpc) is 2.73. The number of ether oxygens (including phenoxy) is 1. The third kappa shape index (κ3) is 5.72. The molecule has 0 fully saturated rings. The van der Waals surface area contributed by atoms with Crippen LogP contribution in [-0.4, -0.2) is 29.3 Å². The fraction of sp³-hybridized carbons (Fsp3) is 0.227. The number of allylic oxidation sites excluding steroid dienone is 1. The Labute approximate surface area is 189 Å². The molecule has 0 saturated heterocycles. The Bertz CT molecular complexity index is 1080. The van der Waals surface area contributed by atoms with E-state index in [9.17, 15) is 20.0 Å². The molecule has 1 atom stereocenters. The van der Waals surface area contributed by atoms with Gasteiger partial charge in [-0.25, -0.2) is 0 Å². The van der Waals surface area contributed by atoms with E-state index in [0.29, 0.717) is 39.2 Å². The number of phenolic OH excluding ortho intramolecular Hbond substituents is 1. The molecule has 2 aromatic carbocycles. The van der Waals surface area contributed by atoms with Gasteiger partial charge in [0.25, 0.3) is 0 Å². The van der Waals surface area contributed by atoms with E-state index in [0.717, 1.165) is 11.8 Å². The number of thioether (sulfide) groups is 1. The minimum absolute atomic E-state index is 0.000198. The number of amides is 2. The summed E-state index contributed by atoms with van der Waals surface area (Å²) in [5.41, 5.74) is 1.59. The van der Waals surface area contributed by atoms with Crippen molar-refractivity contribution in [3.8, 4) is 17.6 Å². The predicted octanol–water partition coefficient (Wildman–Crippen LogP) is 4.15. The first-order valence-electron chi connectivity index (χ1n) is 9.49. The number of nitrogens with one attached hydrogen (secondary N) is 2. The van der Waals surface area contributed by atoms with E-state index in [4.69, 9.17) is 16.3 Å². The Morgan fingerprint density at radius 3 is 2.90 bits per heavy atom. The van der Waals surface area contributed by atoms with E-state index >= 15 is 0 Å². The molecule has 1 aliphatic rings. The van der Waals surface area contributed by atoms with Gasteiger partial charge in [0.2, 0.25) is 11.8 Å². The van der Waals surface area contributed by atoms with Gasteiger partial charge in [-0.3, -0.25) is 9.59 Å². The van der Waals surface area contributed by atoms with E-state index in [1.54, 1.807) is 43.3 Å². The van der Waals surface area contributed by atoms with Gasteiger partial charge in [0.1, 0.15) is 0 Å². The predicted molar refractivity (Wildman–Crippen MR) is 120 cm³/mol. The smallest absolute Gasteiger partial charge is 0.234 e. The first-order valence-corrected chi connectivity index (χ1v) is 10.9. The van der Waals surface area contributed by atoms with Crippen molar-refractivity contribution in [1.29, 1.82) is 5.26 Å². The maximum atomic E-state index is 12.3. The van der Waals surface area contributed by atoms with Crippen molar-refractivity contribution in [1.82, 2.24) is 5.32 Å². The lowest BCUT2D eigenvalue weighted by atomic mass is 9.87. The number of carbonyl (C=O) groups excluding carboxylic acids is 2. The molecule has 1 aliphatic heterocycles. The largest absolute Gasteiger partial charge is 0.504 e. The van der Waals surface area contributed by atoms with Crippen LogP contribution in [0.4, 0.5) is 5.69 Å². The molecule has 0 aliphatic carbocycles. The lowest BCUT2D eigenvalue weighted by molar-refractivity contribution is -0.121. The molecule has 9 heteroatoms. The van der Waals surface area contributed by atoms with Crippen LogP contribution in [0, 0.1) is 11.3 Å². The summed E-state index contributed by atoms with van der Waals surface area (Å²) < 4.78 is 5.42. The van der Waals surface area contributed by atoms with Crippen molar-refractivity contribution < 1.29 is 19.4 Å². The number of anilines is 1. The Hall–Kier alpha value is -3.15. The second kappa shape index (κ2) is 10.2. The highest BCUT2D eigenvalue weighted by atomic mass is 35.5. The summed E-state index contributed by atoms with van der Waals surface area (Å²) in [6, 6.07) is 13.7. The van der Waals surface area contributed by atoms with Gasteiger partial charge >= 0.3 is 0 Å². The second-order valence-electron chi connectivity index (χ2n) is 6.67. The fourth-order valence-corrected chi connectivity index (χ4v) is 4.20. The minimum atomic E-state index is -0.503. The zero-order valence-corrected chi connectivity index (χ0v) is 18.2. The standard InChI is InChI=1S/C22H20ClN3O4S/c1-2-30-19-8-13(6-7-18(19)27)16-10-20(28)26-22(17(16)11-24)31-12-21(29)25-15-5-3-4-14(23)9-15/h3-9,16,27H,2,10,12H2,1H3,(H,25,29)(H,26,28). The molecule has 1 unspecified atom stereocenters. The number of halogens is 1. The third-order valence-electron chi connectivity index (χ3n) is 4.50. The van der Waals surface area contributed by atoms with Crippen LogP contribution < -0.4 is 15.4 Å². The van der Waals surface area contributed by atoms with Gasteiger partial charge in [0.15, 0.2) is 11.5 Å². The number of aromatic hydroxyl groups is 1. The summed E-state index contributed by atoms with van der Waals surface area (Å²) >= 11 is 7.00. The molecule has 31 heavy (non-hydrogen) atoms. The van der Waals surface area contributed by atoms with Crippen LogP contribution in [0.5, 0.6) is 11.5 Å². The quantitative estimate of drug-likeness (QED) is 0.575. The van der Waals surface area contributed by atoms with Crippen molar-refractivity contribution in [3.63, 3.8) is 0 Å². The number of hydrogen-bond donors (Lipinski definition) is 3.